The summed E-state index contributed by atoms with van der Waals surface area (Å²) in [5.41, 5.74) is 2.91. The minimum atomic E-state index is -0.0417. The van der Waals surface area contributed by atoms with Crippen molar-refractivity contribution in [2.24, 2.45) is 0 Å². The Bertz CT molecular complexity index is 645. The van der Waals surface area contributed by atoms with Crippen LogP contribution in [0.2, 0.25) is 0 Å². The van der Waals surface area contributed by atoms with E-state index in [1.165, 1.54) is 24.0 Å². The molecule has 3 heteroatoms. The Morgan fingerprint density at radius 3 is 1.47 bits per heavy atom. The normalized spacial score (nSPS) is 25.7. The van der Waals surface area contributed by atoms with Crippen LogP contribution in [0.1, 0.15) is 89.2 Å². The van der Waals surface area contributed by atoms with Gasteiger partial charge < -0.3 is 9.84 Å². The van der Waals surface area contributed by atoms with Crippen LogP contribution in [0.15, 0.2) is 60.7 Å². The molecule has 2 aromatic rings. The zero-order valence-corrected chi connectivity index (χ0v) is 17.4. The van der Waals surface area contributed by atoms with Crippen molar-refractivity contribution in [1.29, 1.82) is 0 Å². The predicted molar refractivity (Wildman–Crippen MR) is 130 cm³/mol. The molecule has 2 fully saturated rings. The molecule has 2 aliphatic carbocycles. The lowest BCUT2D eigenvalue weighted by Gasteiger charge is -2.28. The van der Waals surface area contributed by atoms with Gasteiger partial charge in [-0.3, -0.25) is 0 Å². The lowest BCUT2D eigenvalue weighted by atomic mass is 9.83. The number of aliphatic hydroxyl groups is 1. The SMILES string of the molecule is C.C.ClCOC1CCC(c2ccccc2)CC1.OC1CCC(c2ccccc2)CC1. The monoisotopic (exact) mass is 432 g/mol. The molecule has 0 heterocycles. The molecule has 0 saturated heterocycles. The third-order valence-electron chi connectivity index (χ3n) is 6.21. The Hall–Kier alpha value is -1.35. The largest absolute Gasteiger partial charge is 0.393 e. The average Bonchev–Trinajstić information content (AvgIpc) is 2.77. The van der Waals surface area contributed by atoms with E-state index in [1.54, 1.807) is 0 Å². The molecule has 2 aliphatic rings. The number of alkyl halides is 1. The maximum atomic E-state index is 9.37. The highest BCUT2D eigenvalue weighted by atomic mass is 35.5. The van der Waals surface area contributed by atoms with Crippen molar-refractivity contribution in [3.05, 3.63) is 71.8 Å². The maximum Gasteiger partial charge on any atom is 0.121 e. The fraction of sp³-hybridized carbons (Fsp3) is 0.556. The second-order valence-electron chi connectivity index (χ2n) is 8.08. The van der Waals surface area contributed by atoms with Crippen molar-refractivity contribution in [2.75, 3.05) is 6.07 Å². The van der Waals surface area contributed by atoms with Crippen molar-refractivity contribution in [3.63, 3.8) is 0 Å². The van der Waals surface area contributed by atoms with Crippen LogP contribution in [-0.4, -0.2) is 23.4 Å². The number of benzene rings is 2. The molecule has 2 aromatic carbocycles. The summed E-state index contributed by atoms with van der Waals surface area (Å²) in [7, 11) is 0. The van der Waals surface area contributed by atoms with Crippen molar-refractivity contribution >= 4 is 11.6 Å². The highest BCUT2D eigenvalue weighted by Gasteiger charge is 2.22. The van der Waals surface area contributed by atoms with Gasteiger partial charge in [0.1, 0.15) is 6.07 Å². The van der Waals surface area contributed by atoms with Crippen LogP contribution in [0, 0.1) is 0 Å². The third kappa shape index (κ3) is 8.41. The topological polar surface area (TPSA) is 29.5 Å². The van der Waals surface area contributed by atoms with E-state index in [9.17, 15) is 5.11 Å². The first-order chi connectivity index (χ1) is 13.8. The van der Waals surface area contributed by atoms with Gasteiger partial charge in [0.25, 0.3) is 0 Å². The number of hydrogen-bond acceptors (Lipinski definition) is 2. The minimum absolute atomic E-state index is 0. The lowest BCUT2D eigenvalue weighted by molar-refractivity contribution is 0.0531. The van der Waals surface area contributed by atoms with Crippen LogP contribution in [0.5, 0.6) is 0 Å². The number of halogens is 1. The second-order valence-corrected chi connectivity index (χ2v) is 8.29. The minimum Gasteiger partial charge on any atom is -0.393 e. The fourth-order valence-electron chi connectivity index (χ4n) is 4.51. The van der Waals surface area contributed by atoms with Gasteiger partial charge in [-0.25, -0.2) is 0 Å². The van der Waals surface area contributed by atoms with Gasteiger partial charge in [-0.2, -0.15) is 0 Å². The molecule has 0 atom stereocenters. The second kappa shape index (κ2) is 14.6. The number of hydrogen-bond donors (Lipinski definition) is 1. The van der Waals surface area contributed by atoms with E-state index in [4.69, 9.17) is 16.3 Å². The van der Waals surface area contributed by atoms with Crippen LogP contribution < -0.4 is 0 Å². The molecule has 168 valence electrons. The van der Waals surface area contributed by atoms with Gasteiger partial charge in [-0.15, -0.1) is 0 Å². The molecule has 0 radical (unpaired) electrons. The van der Waals surface area contributed by atoms with Gasteiger partial charge in [-0.1, -0.05) is 87.1 Å². The Morgan fingerprint density at radius 2 is 1.07 bits per heavy atom. The summed E-state index contributed by atoms with van der Waals surface area (Å²) in [6.07, 6.45) is 9.33. The summed E-state index contributed by atoms with van der Waals surface area (Å²) in [6.45, 7) is 0. The highest BCUT2D eigenvalue weighted by molar-refractivity contribution is 6.17. The molecule has 2 nitrogen and oxygen atoms in total. The molecule has 0 aromatic heterocycles. The van der Waals surface area contributed by atoms with Crippen LogP contribution in [0.4, 0.5) is 0 Å². The van der Waals surface area contributed by atoms with Crippen molar-refractivity contribution in [1.82, 2.24) is 0 Å². The Morgan fingerprint density at radius 1 is 0.667 bits per heavy atom. The molecule has 30 heavy (non-hydrogen) atoms. The van der Waals surface area contributed by atoms with Crippen LogP contribution in [0.25, 0.3) is 0 Å². The molecule has 0 bridgehead atoms. The first-order valence-corrected chi connectivity index (χ1v) is 11.2. The zero-order valence-electron chi connectivity index (χ0n) is 16.7. The summed E-state index contributed by atoms with van der Waals surface area (Å²) in [6, 6.07) is 21.8. The molecule has 1 N–H and O–H groups in total. The quantitative estimate of drug-likeness (QED) is 0.497. The van der Waals surface area contributed by atoms with Gasteiger partial charge in [0.2, 0.25) is 0 Å². The smallest absolute Gasteiger partial charge is 0.121 e. The average molecular weight is 433 g/mol. The molecular formula is C27H41ClO2. The standard InChI is InChI=1S/C13H17ClO.C12H16O.2CH4/c14-10-15-13-8-6-12(7-9-13)11-4-2-1-3-5-11;13-12-8-6-11(7-9-12)10-4-2-1-3-5-10;;/h1-5,12-13H,6-10H2;1-5,11-13H,6-9H2;2*1H4. The summed E-state index contributed by atoms with van der Waals surface area (Å²) in [4.78, 5) is 0. The Kier molecular flexibility index (Phi) is 13.0. The van der Waals surface area contributed by atoms with Crippen LogP contribution in [-0.2, 0) is 4.74 Å². The van der Waals surface area contributed by atoms with Crippen molar-refractivity contribution < 1.29 is 9.84 Å². The summed E-state index contributed by atoms with van der Waals surface area (Å²) >= 11 is 5.57. The number of ether oxygens (including phenoxy) is 1. The van der Waals surface area contributed by atoms with Gasteiger partial charge in [0.15, 0.2) is 0 Å². The molecule has 2 saturated carbocycles. The van der Waals surface area contributed by atoms with Crippen LogP contribution in [0.3, 0.4) is 0 Å². The summed E-state index contributed by atoms with van der Waals surface area (Å²) in [5, 5.41) is 9.37. The zero-order chi connectivity index (χ0) is 19.6. The lowest BCUT2D eigenvalue weighted by Crippen LogP contribution is -2.20. The molecule has 0 unspecified atom stereocenters. The molecule has 0 spiro atoms. The molecule has 0 aliphatic heterocycles. The fourth-order valence-corrected chi connectivity index (χ4v) is 4.69. The maximum absolute atomic E-state index is 9.37. The van der Waals surface area contributed by atoms with E-state index in [0.29, 0.717) is 18.1 Å². The Labute approximate surface area is 189 Å². The number of aliphatic hydroxyl groups excluding tert-OH is 1. The van der Waals surface area contributed by atoms with E-state index >= 15 is 0 Å². The van der Waals surface area contributed by atoms with Gasteiger partial charge >= 0.3 is 0 Å². The molecular weight excluding hydrogens is 392 g/mol. The van der Waals surface area contributed by atoms with Crippen molar-refractivity contribution in [2.45, 2.75) is 90.3 Å². The highest BCUT2D eigenvalue weighted by Crippen LogP contribution is 2.34. The van der Waals surface area contributed by atoms with Crippen molar-refractivity contribution in [3.8, 4) is 0 Å². The van der Waals surface area contributed by atoms with Crippen LogP contribution >= 0.6 is 11.6 Å². The summed E-state index contributed by atoms with van der Waals surface area (Å²) in [5.74, 6) is 1.41. The third-order valence-corrected chi connectivity index (χ3v) is 6.34. The first kappa shape index (κ1) is 26.7. The van der Waals surface area contributed by atoms with E-state index in [2.05, 4.69) is 60.7 Å². The number of rotatable bonds is 4. The van der Waals surface area contributed by atoms with Gasteiger partial charge in [0, 0.05) is 0 Å². The predicted octanol–water partition coefficient (Wildman–Crippen LogP) is 7.90. The van der Waals surface area contributed by atoms with E-state index in [-0.39, 0.29) is 21.0 Å². The Balaban J connectivity index is 0.000000284. The molecule has 4 rings (SSSR count). The van der Waals surface area contributed by atoms with E-state index < -0.39 is 0 Å². The molecule has 0 amide bonds. The van der Waals surface area contributed by atoms with E-state index in [1.807, 2.05) is 0 Å². The first-order valence-electron chi connectivity index (χ1n) is 10.7. The van der Waals surface area contributed by atoms with Gasteiger partial charge in [-0.05, 0) is 74.3 Å². The van der Waals surface area contributed by atoms with Gasteiger partial charge in [0.05, 0.1) is 12.2 Å². The summed E-state index contributed by atoms with van der Waals surface area (Å²) < 4.78 is 5.43. The van der Waals surface area contributed by atoms with E-state index in [0.717, 1.165) is 44.4 Å².